The lowest BCUT2D eigenvalue weighted by Gasteiger charge is -2.33. The molecule has 1 aliphatic heterocycles. The molecule has 29 heavy (non-hydrogen) atoms. The SMILES string of the molecule is Fc1c(F)c(F)c(B(c2c(F)c(F)c(F)c(F)c2F)N2CCOCC2)c(F)c1F. The van der Waals surface area contributed by atoms with Crippen molar-refractivity contribution in [3.05, 3.63) is 58.2 Å². The molecule has 0 radical (unpaired) electrons. The van der Waals surface area contributed by atoms with Crippen molar-refractivity contribution in [1.29, 1.82) is 0 Å². The van der Waals surface area contributed by atoms with E-state index in [4.69, 9.17) is 4.74 Å². The summed E-state index contributed by atoms with van der Waals surface area (Å²) in [4.78, 5) is 0.792. The minimum Gasteiger partial charge on any atom is -0.379 e. The van der Waals surface area contributed by atoms with Crippen LogP contribution >= 0.6 is 0 Å². The Morgan fingerprint density at radius 2 is 0.759 bits per heavy atom. The molecule has 0 atom stereocenters. The Morgan fingerprint density at radius 3 is 1.07 bits per heavy atom. The first-order valence-corrected chi connectivity index (χ1v) is 7.94. The Hall–Kier alpha value is -2.28. The molecule has 1 aliphatic rings. The molecule has 0 aromatic heterocycles. The molecule has 3 rings (SSSR count). The summed E-state index contributed by atoms with van der Waals surface area (Å²) in [5.74, 6) is -24.6. The van der Waals surface area contributed by atoms with Gasteiger partial charge >= 0.3 is 6.85 Å². The average molecular weight is 431 g/mol. The second kappa shape index (κ2) is 7.86. The van der Waals surface area contributed by atoms with Gasteiger partial charge in [0.05, 0.1) is 13.2 Å². The Balaban J connectivity index is 2.39. The maximum atomic E-state index is 14.4. The van der Waals surface area contributed by atoms with Gasteiger partial charge in [-0.1, -0.05) is 0 Å². The summed E-state index contributed by atoms with van der Waals surface area (Å²) in [5, 5.41) is 0. The molecule has 0 bridgehead atoms. The second-order valence-corrected chi connectivity index (χ2v) is 6.02. The highest BCUT2D eigenvalue weighted by Crippen LogP contribution is 2.22. The van der Waals surface area contributed by atoms with Crippen LogP contribution in [0.15, 0.2) is 0 Å². The second-order valence-electron chi connectivity index (χ2n) is 6.02. The van der Waals surface area contributed by atoms with E-state index in [1.807, 2.05) is 0 Å². The predicted octanol–water partition coefficient (Wildman–Crippen LogP) is 2.52. The molecule has 0 unspecified atom stereocenters. The standard InChI is InChI=1S/C16H8BF10NO/c18-7-5(8(19)12(23)15(26)11(7)22)17(28-1-3-29-4-2-28)6-9(20)13(24)16(27)14(25)10(6)21/h1-4H2. The number of nitrogens with zero attached hydrogens (tertiary/aromatic N) is 1. The van der Waals surface area contributed by atoms with E-state index < -0.39 is 75.9 Å². The number of rotatable bonds is 3. The summed E-state index contributed by atoms with van der Waals surface area (Å²) in [6, 6.07) is 0. The van der Waals surface area contributed by atoms with Gasteiger partial charge in [-0.3, -0.25) is 0 Å². The number of benzene rings is 2. The van der Waals surface area contributed by atoms with Crippen LogP contribution in [-0.4, -0.2) is 38.0 Å². The van der Waals surface area contributed by atoms with Gasteiger partial charge in [0.15, 0.2) is 58.2 Å². The maximum absolute atomic E-state index is 14.4. The van der Waals surface area contributed by atoms with Crippen LogP contribution in [0, 0.1) is 58.2 Å². The van der Waals surface area contributed by atoms with Gasteiger partial charge in [-0.05, 0) is 0 Å². The molecule has 1 saturated heterocycles. The van der Waals surface area contributed by atoms with Crippen molar-refractivity contribution in [2.75, 3.05) is 26.3 Å². The summed E-state index contributed by atoms with van der Waals surface area (Å²) in [5.41, 5.74) is -3.49. The summed E-state index contributed by atoms with van der Waals surface area (Å²) in [6.07, 6.45) is 0. The average Bonchev–Trinajstić information content (AvgIpc) is 2.73. The zero-order chi connectivity index (χ0) is 21.6. The topological polar surface area (TPSA) is 12.5 Å². The van der Waals surface area contributed by atoms with Crippen LogP contribution in [0.5, 0.6) is 0 Å². The Kier molecular flexibility index (Phi) is 5.81. The molecule has 0 spiro atoms. The van der Waals surface area contributed by atoms with E-state index in [2.05, 4.69) is 0 Å². The fourth-order valence-electron chi connectivity index (χ4n) is 3.07. The highest BCUT2D eigenvalue weighted by Gasteiger charge is 2.43. The monoisotopic (exact) mass is 431 g/mol. The molecule has 0 saturated carbocycles. The van der Waals surface area contributed by atoms with Crippen LogP contribution in [0.3, 0.4) is 0 Å². The molecule has 156 valence electrons. The Bertz CT molecular complexity index is 852. The van der Waals surface area contributed by atoms with Gasteiger partial charge in [-0.25, -0.2) is 43.9 Å². The number of ether oxygens (including phenoxy) is 1. The zero-order valence-corrected chi connectivity index (χ0v) is 14.0. The first-order chi connectivity index (χ1) is 13.6. The summed E-state index contributed by atoms with van der Waals surface area (Å²) in [6.45, 7) is -3.61. The quantitative estimate of drug-likeness (QED) is 0.321. The number of halogens is 10. The molecule has 13 heteroatoms. The molecule has 0 aliphatic carbocycles. The minimum absolute atomic E-state index is 0.193. The van der Waals surface area contributed by atoms with E-state index in [-0.39, 0.29) is 26.3 Å². The lowest BCUT2D eigenvalue weighted by molar-refractivity contribution is 0.0717. The van der Waals surface area contributed by atoms with E-state index in [0.717, 1.165) is 4.81 Å². The van der Waals surface area contributed by atoms with Gasteiger partial charge in [0.25, 0.3) is 0 Å². The van der Waals surface area contributed by atoms with E-state index in [1.54, 1.807) is 0 Å². The Morgan fingerprint density at radius 1 is 0.483 bits per heavy atom. The predicted molar refractivity (Wildman–Crippen MR) is 79.9 cm³/mol. The molecule has 2 nitrogen and oxygen atoms in total. The number of hydrogen-bond donors (Lipinski definition) is 0. The van der Waals surface area contributed by atoms with Gasteiger partial charge in [0.2, 0.25) is 0 Å². The van der Waals surface area contributed by atoms with Crippen molar-refractivity contribution < 1.29 is 48.6 Å². The van der Waals surface area contributed by atoms with Crippen molar-refractivity contribution in [1.82, 2.24) is 4.81 Å². The highest BCUT2D eigenvalue weighted by atomic mass is 19.2. The van der Waals surface area contributed by atoms with Crippen LogP contribution in [-0.2, 0) is 4.74 Å². The highest BCUT2D eigenvalue weighted by molar-refractivity contribution is 6.83. The summed E-state index contributed by atoms with van der Waals surface area (Å²) in [7, 11) is 0. The molecular weight excluding hydrogens is 423 g/mol. The molecule has 1 fully saturated rings. The van der Waals surface area contributed by atoms with Crippen LogP contribution in [0.1, 0.15) is 0 Å². The fraction of sp³-hybridized carbons (Fsp3) is 0.250. The smallest absolute Gasteiger partial charge is 0.305 e. The van der Waals surface area contributed by atoms with Crippen LogP contribution < -0.4 is 10.9 Å². The number of hydrogen-bond acceptors (Lipinski definition) is 2. The molecule has 0 N–H and O–H groups in total. The van der Waals surface area contributed by atoms with Crippen molar-refractivity contribution in [2.24, 2.45) is 0 Å². The molecular formula is C16H8BF10NO. The lowest BCUT2D eigenvalue weighted by Crippen LogP contribution is -2.63. The maximum Gasteiger partial charge on any atom is 0.305 e. The number of morpholine rings is 1. The molecule has 2 aromatic carbocycles. The third kappa shape index (κ3) is 3.35. The molecule has 1 heterocycles. The largest absolute Gasteiger partial charge is 0.379 e. The molecule has 2 aromatic rings. The van der Waals surface area contributed by atoms with E-state index in [1.165, 1.54) is 0 Å². The van der Waals surface area contributed by atoms with Gasteiger partial charge in [0, 0.05) is 24.0 Å². The van der Waals surface area contributed by atoms with Crippen molar-refractivity contribution in [3.63, 3.8) is 0 Å². The van der Waals surface area contributed by atoms with E-state index >= 15 is 0 Å². The van der Waals surface area contributed by atoms with Crippen LogP contribution in [0.2, 0.25) is 0 Å². The van der Waals surface area contributed by atoms with Crippen molar-refractivity contribution >= 4 is 17.8 Å². The van der Waals surface area contributed by atoms with Gasteiger partial charge in [-0.15, -0.1) is 0 Å². The van der Waals surface area contributed by atoms with Crippen molar-refractivity contribution in [2.45, 2.75) is 0 Å². The van der Waals surface area contributed by atoms with E-state index in [9.17, 15) is 43.9 Å². The van der Waals surface area contributed by atoms with Gasteiger partial charge in [-0.2, -0.15) is 0 Å². The first kappa shape index (κ1) is 21.4. The van der Waals surface area contributed by atoms with Gasteiger partial charge < -0.3 is 9.55 Å². The zero-order valence-electron chi connectivity index (χ0n) is 14.0. The van der Waals surface area contributed by atoms with Crippen LogP contribution in [0.25, 0.3) is 0 Å². The van der Waals surface area contributed by atoms with Crippen molar-refractivity contribution in [3.8, 4) is 0 Å². The molecule has 0 amide bonds. The van der Waals surface area contributed by atoms with E-state index in [0.29, 0.717) is 0 Å². The minimum atomic E-state index is -2.54. The van der Waals surface area contributed by atoms with Crippen LogP contribution in [0.4, 0.5) is 43.9 Å². The van der Waals surface area contributed by atoms with Gasteiger partial charge in [0.1, 0.15) is 0 Å². The summed E-state index contributed by atoms with van der Waals surface area (Å²) < 4.78 is 144. The summed E-state index contributed by atoms with van der Waals surface area (Å²) >= 11 is 0. The third-order valence-electron chi connectivity index (χ3n) is 4.45. The Labute approximate surface area is 156 Å². The normalized spacial score (nSPS) is 15.1. The third-order valence-corrected chi connectivity index (χ3v) is 4.45. The fourth-order valence-corrected chi connectivity index (χ4v) is 3.07. The first-order valence-electron chi connectivity index (χ1n) is 7.94. The lowest BCUT2D eigenvalue weighted by atomic mass is 9.48.